The van der Waals surface area contributed by atoms with Crippen LogP contribution in [-0.4, -0.2) is 24.1 Å². The van der Waals surface area contributed by atoms with Gasteiger partial charge in [-0.05, 0) is 89.8 Å². The van der Waals surface area contributed by atoms with Gasteiger partial charge >= 0.3 is 0 Å². The average molecular weight is 806 g/mol. The molecular weight excluding hydrogens is 767 g/mol. The van der Waals surface area contributed by atoms with Gasteiger partial charge in [-0.25, -0.2) is 15.0 Å². The minimum atomic E-state index is 0.601. The Balaban J connectivity index is 1.12. The number of aryl methyl sites for hydroxylation is 1. The zero-order chi connectivity index (χ0) is 41.9. The standard InChI is InChI=1S/C58H39N5/c1-38-16-15-21-41(34-38)42-29-32-54-49(35-42)47-25-12-14-27-52(47)63(54)55-33-30-44(43-28-31-53-48(36-43)46-24-11-13-26-51(46)62(53)45-22-9-4-10-23-45)37-50(55)58-60-56(39-17-5-2-6-18-39)59-57(61-58)40-19-7-3-8-20-40/h2-37H,1H3. The molecule has 9 aromatic carbocycles. The van der Waals surface area contributed by atoms with Crippen LogP contribution in [0.3, 0.4) is 0 Å². The second-order valence-electron chi connectivity index (χ2n) is 16.1. The summed E-state index contributed by atoms with van der Waals surface area (Å²) in [5.41, 5.74) is 15.2. The molecule has 5 nitrogen and oxygen atoms in total. The van der Waals surface area contributed by atoms with Crippen LogP contribution in [0.15, 0.2) is 218 Å². The molecule has 0 amide bonds. The molecule has 12 aromatic rings. The van der Waals surface area contributed by atoms with Gasteiger partial charge in [-0.2, -0.15) is 0 Å². The summed E-state index contributed by atoms with van der Waals surface area (Å²) in [5.74, 6) is 1.84. The Bertz CT molecular complexity index is 3620. The molecule has 0 aliphatic heterocycles. The number of rotatable bonds is 7. The smallest absolute Gasteiger partial charge is 0.166 e. The molecule has 296 valence electrons. The Kier molecular flexibility index (Phi) is 8.64. The van der Waals surface area contributed by atoms with E-state index in [0.29, 0.717) is 17.5 Å². The van der Waals surface area contributed by atoms with Crippen molar-refractivity contribution in [2.24, 2.45) is 0 Å². The van der Waals surface area contributed by atoms with Crippen molar-refractivity contribution in [2.45, 2.75) is 6.92 Å². The SMILES string of the molecule is Cc1cccc(-c2ccc3c(c2)c2ccccc2n3-c2ccc(-c3ccc4c(c3)c3ccccc3n4-c3ccccc3)cc2-c2nc(-c3ccccc3)nc(-c3ccccc3)n2)c1. The third-order valence-corrected chi connectivity index (χ3v) is 12.2. The molecule has 3 aromatic heterocycles. The molecule has 0 aliphatic rings. The highest BCUT2D eigenvalue weighted by atomic mass is 15.1. The summed E-state index contributed by atoms with van der Waals surface area (Å²) in [4.78, 5) is 15.7. The zero-order valence-electron chi connectivity index (χ0n) is 34.5. The summed E-state index contributed by atoms with van der Waals surface area (Å²) < 4.78 is 4.74. The second-order valence-corrected chi connectivity index (χ2v) is 16.1. The van der Waals surface area contributed by atoms with Crippen molar-refractivity contribution in [3.63, 3.8) is 0 Å². The highest BCUT2D eigenvalue weighted by Gasteiger charge is 2.21. The van der Waals surface area contributed by atoms with Gasteiger partial charge < -0.3 is 9.13 Å². The molecule has 0 fully saturated rings. The van der Waals surface area contributed by atoms with E-state index in [1.165, 1.54) is 43.8 Å². The average Bonchev–Trinajstić information content (AvgIpc) is 3.86. The number of benzene rings is 9. The van der Waals surface area contributed by atoms with E-state index in [4.69, 9.17) is 15.0 Å². The minimum Gasteiger partial charge on any atom is -0.309 e. The monoisotopic (exact) mass is 805 g/mol. The predicted molar refractivity (Wildman–Crippen MR) is 260 cm³/mol. The van der Waals surface area contributed by atoms with Crippen molar-refractivity contribution in [1.82, 2.24) is 24.1 Å². The van der Waals surface area contributed by atoms with E-state index in [2.05, 4.69) is 198 Å². The first-order valence-corrected chi connectivity index (χ1v) is 21.4. The van der Waals surface area contributed by atoms with Crippen molar-refractivity contribution in [1.29, 1.82) is 0 Å². The first kappa shape index (κ1) is 36.4. The largest absolute Gasteiger partial charge is 0.309 e. The lowest BCUT2D eigenvalue weighted by Gasteiger charge is -2.16. The lowest BCUT2D eigenvalue weighted by atomic mass is 9.99. The highest BCUT2D eigenvalue weighted by Crippen LogP contribution is 2.41. The van der Waals surface area contributed by atoms with Crippen LogP contribution in [0.4, 0.5) is 0 Å². The Morgan fingerprint density at radius 3 is 1.35 bits per heavy atom. The molecule has 0 aliphatic carbocycles. The fraction of sp³-hybridized carbons (Fsp3) is 0.0172. The maximum atomic E-state index is 5.32. The maximum absolute atomic E-state index is 5.32. The fourth-order valence-corrected chi connectivity index (χ4v) is 9.26. The van der Waals surface area contributed by atoms with E-state index < -0.39 is 0 Å². The minimum absolute atomic E-state index is 0.601. The number of aromatic nitrogens is 5. The molecule has 0 saturated heterocycles. The predicted octanol–water partition coefficient (Wildman–Crippen LogP) is 14.7. The topological polar surface area (TPSA) is 48.5 Å². The number of fused-ring (bicyclic) bond motifs is 6. The van der Waals surface area contributed by atoms with E-state index in [0.717, 1.165) is 55.7 Å². The lowest BCUT2D eigenvalue weighted by molar-refractivity contribution is 1.06. The highest BCUT2D eigenvalue weighted by molar-refractivity contribution is 6.12. The Morgan fingerprint density at radius 1 is 0.302 bits per heavy atom. The van der Waals surface area contributed by atoms with Crippen molar-refractivity contribution in [3.05, 3.63) is 224 Å². The van der Waals surface area contributed by atoms with Crippen LogP contribution in [0, 0.1) is 6.92 Å². The van der Waals surface area contributed by atoms with Gasteiger partial charge in [0, 0.05) is 43.9 Å². The van der Waals surface area contributed by atoms with Gasteiger partial charge in [0.25, 0.3) is 0 Å². The van der Waals surface area contributed by atoms with Crippen molar-refractivity contribution in [2.75, 3.05) is 0 Å². The van der Waals surface area contributed by atoms with Gasteiger partial charge in [-0.3, -0.25) is 0 Å². The molecule has 0 bridgehead atoms. The molecule has 0 atom stereocenters. The van der Waals surface area contributed by atoms with Crippen LogP contribution in [0.1, 0.15) is 5.56 Å². The van der Waals surface area contributed by atoms with Crippen LogP contribution in [0.5, 0.6) is 0 Å². The molecule has 0 unspecified atom stereocenters. The van der Waals surface area contributed by atoms with Gasteiger partial charge in [0.1, 0.15) is 0 Å². The molecule has 5 heteroatoms. The van der Waals surface area contributed by atoms with Gasteiger partial charge in [-0.15, -0.1) is 0 Å². The summed E-state index contributed by atoms with van der Waals surface area (Å²) in [6.07, 6.45) is 0. The zero-order valence-corrected chi connectivity index (χ0v) is 34.5. The van der Waals surface area contributed by atoms with E-state index in [1.54, 1.807) is 0 Å². The number of hydrogen-bond acceptors (Lipinski definition) is 3. The summed E-state index contributed by atoms with van der Waals surface area (Å²) in [5, 5.41) is 4.78. The molecule has 63 heavy (non-hydrogen) atoms. The fourth-order valence-electron chi connectivity index (χ4n) is 9.26. The molecule has 3 heterocycles. The van der Waals surface area contributed by atoms with Crippen LogP contribution in [0.25, 0.3) is 111 Å². The summed E-state index contributed by atoms with van der Waals surface area (Å²) in [7, 11) is 0. The molecular formula is C58H39N5. The third kappa shape index (κ3) is 6.29. The molecule has 12 rings (SSSR count). The number of para-hydroxylation sites is 3. The first-order chi connectivity index (χ1) is 31.1. The van der Waals surface area contributed by atoms with E-state index in [9.17, 15) is 0 Å². The molecule has 0 N–H and O–H groups in total. The molecule has 0 saturated carbocycles. The molecule has 0 radical (unpaired) electrons. The Hall–Kier alpha value is -8.41. The van der Waals surface area contributed by atoms with E-state index >= 15 is 0 Å². The van der Waals surface area contributed by atoms with Crippen molar-refractivity contribution >= 4 is 43.6 Å². The Morgan fingerprint density at radius 2 is 0.746 bits per heavy atom. The van der Waals surface area contributed by atoms with Gasteiger partial charge in [-0.1, -0.05) is 163 Å². The Labute approximate surface area is 364 Å². The van der Waals surface area contributed by atoms with Crippen LogP contribution >= 0.6 is 0 Å². The van der Waals surface area contributed by atoms with Gasteiger partial charge in [0.05, 0.1) is 27.8 Å². The van der Waals surface area contributed by atoms with Crippen LogP contribution in [-0.2, 0) is 0 Å². The van der Waals surface area contributed by atoms with E-state index in [1.807, 2.05) is 36.4 Å². The van der Waals surface area contributed by atoms with Crippen LogP contribution < -0.4 is 0 Å². The van der Waals surface area contributed by atoms with Crippen molar-refractivity contribution in [3.8, 4) is 67.8 Å². The summed E-state index contributed by atoms with van der Waals surface area (Å²) in [6.45, 7) is 2.15. The number of nitrogens with zero attached hydrogens (tertiary/aromatic N) is 5. The van der Waals surface area contributed by atoms with E-state index in [-0.39, 0.29) is 0 Å². The third-order valence-electron chi connectivity index (χ3n) is 12.2. The van der Waals surface area contributed by atoms with Crippen molar-refractivity contribution < 1.29 is 0 Å². The molecule has 0 spiro atoms. The maximum Gasteiger partial charge on any atom is 0.166 e. The number of hydrogen-bond donors (Lipinski definition) is 0. The van der Waals surface area contributed by atoms with Crippen LogP contribution in [0.2, 0.25) is 0 Å². The quantitative estimate of drug-likeness (QED) is 0.161. The summed E-state index contributed by atoms with van der Waals surface area (Å²) in [6, 6.07) is 77.5. The van der Waals surface area contributed by atoms with Gasteiger partial charge in [0.2, 0.25) is 0 Å². The summed E-state index contributed by atoms with van der Waals surface area (Å²) >= 11 is 0. The first-order valence-electron chi connectivity index (χ1n) is 21.4. The van der Waals surface area contributed by atoms with Gasteiger partial charge in [0.15, 0.2) is 17.5 Å². The lowest BCUT2D eigenvalue weighted by Crippen LogP contribution is -2.04. The normalized spacial score (nSPS) is 11.6. The second kappa shape index (κ2) is 14.9.